The minimum atomic E-state index is -0.710. The zero-order valence-electron chi connectivity index (χ0n) is 9.36. The molecule has 14 heavy (non-hydrogen) atoms. The molecule has 0 aromatic heterocycles. The normalized spacial score (nSPS) is 27.5. The van der Waals surface area contributed by atoms with Gasteiger partial charge in [0.25, 0.3) is 0 Å². The SMILES string of the molecule is CC1CCC(N(CC(=O)O)C(C)C)C1. The third-order valence-electron chi connectivity index (χ3n) is 3.12. The maximum absolute atomic E-state index is 10.7. The van der Waals surface area contributed by atoms with Crippen LogP contribution >= 0.6 is 0 Å². The van der Waals surface area contributed by atoms with Gasteiger partial charge in [0.05, 0.1) is 6.54 Å². The monoisotopic (exact) mass is 199 g/mol. The molecule has 1 saturated carbocycles. The summed E-state index contributed by atoms with van der Waals surface area (Å²) >= 11 is 0. The highest BCUT2D eigenvalue weighted by molar-refractivity contribution is 5.69. The first-order valence-corrected chi connectivity index (χ1v) is 5.48. The largest absolute Gasteiger partial charge is 0.480 e. The van der Waals surface area contributed by atoms with Crippen LogP contribution in [-0.2, 0) is 4.79 Å². The van der Waals surface area contributed by atoms with E-state index in [1.54, 1.807) is 0 Å². The van der Waals surface area contributed by atoms with Gasteiger partial charge >= 0.3 is 5.97 Å². The lowest BCUT2D eigenvalue weighted by Crippen LogP contribution is -2.42. The van der Waals surface area contributed by atoms with Crippen molar-refractivity contribution in [1.29, 1.82) is 0 Å². The van der Waals surface area contributed by atoms with Crippen molar-refractivity contribution < 1.29 is 9.90 Å². The molecule has 0 spiro atoms. The summed E-state index contributed by atoms with van der Waals surface area (Å²) in [4.78, 5) is 12.8. The molecule has 1 N–H and O–H groups in total. The summed E-state index contributed by atoms with van der Waals surface area (Å²) in [6.45, 7) is 6.59. The standard InChI is InChI=1S/C11H21NO2/c1-8(2)12(7-11(13)14)10-5-4-9(3)6-10/h8-10H,4-7H2,1-3H3,(H,13,14). The number of carbonyl (C=O) groups is 1. The van der Waals surface area contributed by atoms with Crippen LogP contribution in [-0.4, -0.2) is 34.6 Å². The van der Waals surface area contributed by atoms with Gasteiger partial charge in [0.1, 0.15) is 0 Å². The topological polar surface area (TPSA) is 40.5 Å². The number of carboxylic acid groups (broad SMARTS) is 1. The van der Waals surface area contributed by atoms with E-state index in [4.69, 9.17) is 5.11 Å². The lowest BCUT2D eigenvalue weighted by atomic mass is 10.1. The number of rotatable bonds is 4. The van der Waals surface area contributed by atoms with Crippen LogP contribution in [0.3, 0.4) is 0 Å². The van der Waals surface area contributed by atoms with Crippen LogP contribution in [0.5, 0.6) is 0 Å². The van der Waals surface area contributed by atoms with E-state index in [0.29, 0.717) is 12.1 Å². The minimum Gasteiger partial charge on any atom is -0.480 e. The second kappa shape index (κ2) is 4.78. The molecule has 1 aliphatic carbocycles. The Morgan fingerprint density at radius 1 is 1.50 bits per heavy atom. The average molecular weight is 199 g/mol. The summed E-state index contributed by atoms with van der Waals surface area (Å²) in [5, 5.41) is 8.82. The van der Waals surface area contributed by atoms with Gasteiger partial charge in [0.2, 0.25) is 0 Å². The van der Waals surface area contributed by atoms with Gasteiger partial charge in [0, 0.05) is 12.1 Å². The molecule has 0 saturated heterocycles. The van der Waals surface area contributed by atoms with Gasteiger partial charge < -0.3 is 5.11 Å². The van der Waals surface area contributed by atoms with Gasteiger partial charge in [-0.1, -0.05) is 6.92 Å². The van der Waals surface area contributed by atoms with Crippen molar-refractivity contribution in [2.45, 2.75) is 52.1 Å². The summed E-state index contributed by atoms with van der Waals surface area (Å²) in [6.07, 6.45) is 3.56. The average Bonchev–Trinajstić information content (AvgIpc) is 2.46. The molecule has 0 radical (unpaired) electrons. The molecule has 82 valence electrons. The Balaban J connectivity index is 2.54. The van der Waals surface area contributed by atoms with Crippen molar-refractivity contribution in [1.82, 2.24) is 4.90 Å². The summed E-state index contributed by atoms with van der Waals surface area (Å²) in [5.74, 6) is 0.0493. The smallest absolute Gasteiger partial charge is 0.317 e. The minimum absolute atomic E-state index is 0.190. The number of carboxylic acids is 1. The van der Waals surface area contributed by atoms with Gasteiger partial charge in [-0.2, -0.15) is 0 Å². The van der Waals surface area contributed by atoms with Gasteiger partial charge in [0.15, 0.2) is 0 Å². The van der Waals surface area contributed by atoms with E-state index < -0.39 is 5.97 Å². The maximum atomic E-state index is 10.7. The number of aliphatic carboxylic acids is 1. The van der Waals surface area contributed by atoms with Crippen LogP contribution in [0.4, 0.5) is 0 Å². The Labute approximate surface area is 86.1 Å². The van der Waals surface area contributed by atoms with Crippen LogP contribution in [0.25, 0.3) is 0 Å². The number of hydrogen-bond acceptors (Lipinski definition) is 2. The van der Waals surface area contributed by atoms with E-state index in [1.165, 1.54) is 6.42 Å². The van der Waals surface area contributed by atoms with Crippen LogP contribution in [0, 0.1) is 5.92 Å². The molecule has 0 bridgehead atoms. The van der Waals surface area contributed by atoms with Crippen LogP contribution in [0.2, 0.25) is 0 Å². The molecule has 3 heteroatoms. The van der Waals surface area contributed by atoms with Crippen molar-refractivity contribution >= 4 is 5.97 Å². The molecule has 1 aliphatic rings. The molecule has 2 atom stereocenters. The van der Waals surface area contributed by atoms with E-state index in [9.17, 15) is 4.79 Å². The summed E-state index contributed by atoms with van der Waals surface area (Å²) in [7, 11) is 0. The van der Waals surface area contributed by atoms with Crippen LogP contribution in [0.1, 0.15) is 40.0 Å². The molecular formula is C11H21NO2. The molecule has 2 unspecified atom stereocenters. The van der Waals surface area contributed by atoms with Crippen LogP contribution < -0.4 is 0 Å². The predicted molar refractivity (Wildman–Crippen MR) is 56.3 cm³/mol. The Kier molecular flexibility index (Phi) is 3.93. The van der Waals surface area contributed by atoms with Crippen LogP contribution in [0.15, 0.2) is 0 Å². The van der Waals surface area contributed by atoms with E-state index >= 15 is 0 Å². The second-order valence-electron chi connectivity index (χ2n) is 4.73. The molecule has 0 heterocycles. The molecule has 0 aromatic rings. The highest BCUT2D eigenvalue weighted by Gasteiger charge is 2.29. The van der Waals surface area contributed by atoms with Crippen molar-refractivity contribution in [3.05, 3.63) is 0 Å². The van der Waals surface area contributed by atoms with Gasteiger partial charge in [-0.15, -0.1) is 0 Å². The van der Waals surface area contributed by atoms with Gasteiger partial charge in [-0.3, -0.25) is 9.69 Å². The first-order chi connectivity index (χ1) is 6.50. The molecule has 1 fully saturated rings. The molecule has 0 amide bonds. The molecule has 0 aliphatic heterocycles. The fourth-order valence-electron chi connectivity index (χ4n) is 2.37. The first-order valence-electron chi connectivity index (χ1n) is 5.48. The van der Waals surface area contributed by atoms with Crippen molar-refractivity contribution in [3.8, 4) is 0 Å². The zero-order chi connectivity index (χ0) is 10.7. The van der Waals surface area contributed by atoms with Crippen molar-refractivity contribution in [2.75, 3.05) is 6.54 Å². The first kappa shape index (κ1) is 11.5. The summed E-state index contributed by atoms with van der Waals surface area (Å²) in [6, 6.07) is 0.822. The van der Waals surface area contributed by atoms with E-state index in [2.05, 4.69) is 25.7 Å². The quantitative estimate of drug-likeness (QED) is 0.752. The Morgan fingerprint density at radius 3 is 2.50 bits per heavy atom. The number of nitrogens with zero attached hydrogens (tertiary/aromatic N) is 1. The summed E-state index contributed by atoms with van der Waals surface area (Å²) in [5.41, 5.74) is 0. The molecule has 3 nitrogen and oxygen atoms in total. The summed E-state index contributed by atoms with van der Waals surface area (Å²) < 4.78 is 0. The van der Waals surface area contributed by atoms with Crippen molar-refractivity contribution in [3.63, 3.8) is 0 Å². The lowest BCUT2D eigenvalue weighted by Gasteiger charge is -2.31. The molecule has 1 rings (SSSR count). The van der Waals surface area contributed by atoms with Crippen molar-refractivity contribution in [2.24, 2.45) is 5.92 Å². The molecular weight excluding hydrogens is 178 g/mol. The second-order valence-corrected chi connectivity index (χ2v) is 4.73. The fourth-order valence-corrected chi connectivity index (χ4v) is 2.37. The highest BCUT2D eigenvalue weighted by Crippen LogP contribution is 2.29. The van der Waals surface area contributed by atoms with E-state index in [0.717, 1.165) is 18.8 Å². The Morgan fingerprint density at radius 2 is 2.14 bits per heavy atom. The Hall–Kier alpha value is -0.570. The van der Waals surface area contributed by atoms with E-state index in [-0.39, 0.29) is 6.54 Å². The maximum Gasteiger partial charge on any atom is 0.317 e. The van der Waals surface area contributed by atoms with E-state index in [1.807, 2.05) is 0 Å². The highest BCUT2D eigenvalue weighted by atomic mass is 16.4. The molecule has 0 aromatic carbocycles. The zero-order valence-corrected chi connectivity index (χ0v) is 9.36. The predicted octanol–water partition coefficient (Wildman–Crippen LogP) is 1.97. The van der Waals surface area contributed by atoms with Gasteiger partial charge in [-0.05, 0) is 39.0 Å². The lowest BCUT2D eigenvalue weighted by molar-refractivity contribution is -0.139. The Bertz CT molecular complexity index is 203. The van der Waals surface area contributed by atoms with Gasteiger partial charge in [-0.25, -0.2) is 0 Å². The third-order valence-corrected chi connectivity index (χ3v) is 3.12. The third kappa shape index (κ3) is 2.98. The fraction of sp³-hybridized carbons (Fsp3) is 0.909. The number of hydrogen-bond donors (Lipinski definition) is 1.